The van der Waals surface area contributed by atoms with Crippen LogP contribution in [0, 0.1) is 0 Å². The van der Waals surface area contributed by atoms with Crippen molar-refractivity contribution >= 4 is 26.8 Å². The van der Waals surface area contributed by atoms with Gasteiger partial charge in [-0.3, -0.25) is 13.9 Å². The van der Waals surface area contributed by atoms with Crippen LogP contribution in [0.25, 0.3) is 10.3 Å². The Morgan fingerprint density at radius 2 is 1.87 bits per heavy atom. The molecule has 2 aliphatic heterocycles. The molecule has 8 nitrogen and oxygen atoms in total. The third-order valence-corrected chi connectivity index (χ3v) is 6.70. The predicted octanol–water partition coefficient (Wildman–Crippen LogP) is 2.80. The van der Waals surface area contributed by atoms with Crippen LogP contribution in [0.15, 0.2) is 27.8 Å². The Kier molecular flexibility index (Phi) is 4.98. The molecule has 5 rings (SSSR count). The first kappa shape index (κ1) is 19.2. The fourth-order valence-corrected chi connectivity index (χ4v) is 5.15. The third-order valence-electron chi connectivity index (χ3n) is 5.61. The molecule has 0 spiro atoms. The SMILES string of the molecule is CCCn1c(=O)c2sc(N3CCCCC3)nc2n(Cc2ccc3c(c2)OCO3)c1=O. The summed E-state index contributed by atoms with van der Waals surface area (Å²) in [7, 11) is 0. The van der Waals surface area contributed by atoms with Gasteiger partial charge in [-0.2, -0.15) is 0 Å². The lowest BCUT2D eigenvalue weighted by Crippen LogP contribution is -2.40. The molecular formula is C21H24N4O4S. The van der Waals surface area contributed by atoms with Crippen molar-refractivity contribution in [2.75, 3.05) is 24.8 Å². The van der Waals surface area contributed by atoms with E-state index in [4.69, 9.17) is 14.5 Å². The highest BCUT2D eigenvalue weighted by Crippen LogP contribution is 2.33. The van der Waals surface area contributed by atoms with Gasteiger partial charge in [0.1, 0.15) is 4.70 Å². The highest BCUT2D eigenvalue weighted by Gasteiger charge is 2.22. The van der Waals surface area contributed by atoms with Crippen molar-refractivity contribution in [2.45, 2.75) is 45.7 Å². The second-order valence-electron chi connectivity index (χ2n) is 7.71. The highest BCUT2D eigenvalue weighted by molar-refractivity contribution is 7.22. The van der Waals surface area contributed by atoms with Gasteiger partial charge in [0.25, 0.3) is 5.56 Å². The number of rotatable bonds is 5. The van der Waals surface area contributed by atoms with Crippen molar-refractivity contribution in [1.82, 2.24) is 14.1 Å². The molecule has 0 radical (unpaired) electrons. The van der Waals surface area contributed by atoms with E-state index >= 15 is 0 Å². The Morgan fingerprint density at radius 1 is 1.07 bits per heavy atom. The summed E-state index contributed by atoms with van der Waals surface area (Å²) in [5.41, 5.74) is 0.819. The van der Waals surface area contributed by atoms with Gasteiger partial charge >= 0.3 is 5.69 Å². The monoisotopic (exact) mass is 428 g/mol. The highest BCUT2D eigenvalue weighted by atomic mass is 32.1. The molecule has 0 atom stereocenters. The maximum Gasteiger partial charge on any atom is 0.333 e. The molecule has 3 aromatic rings. The molecule has 1 fully saturated rings. The van der Waals surface area contributed by atoms with Gasteiger partial charge in [-0.1, -0.05) is 24.3 Å². The molecule has 9 heteroatoms. The van der Waals surface area contributed by atoms with Crippen LogP contribution in [-0.4, -0.2) is 34.0 Å². The maximum absolute atomic E-state index is 13.2. The zero-order valence-electron chi connectivity index (χ0n) is 16.9. The van der Waals surface area contributed by atoms with E-state index in [1.807, 2.05) is 25.1 Å². The lowest BCUT2D eigenvalue weighted by Gasteiger charge is -2.25. The van der Waals surface area contributed by atoms with Gasteiger partial charge in [-0.25, -0.2) is 9.78 Å². The zero-order chi connectivity index (χ0) is 20.7. The number of benzene rings is 1. The number of thiazole rings is 1. The van der Waals surface area contributed by atoms with E-state index in [0.717, 1.165) is 36.6 Å². The second kappa shape index (κ2) is 7.79. The van der Waals surface area contributed by atoms with Crippen molar-refractivity contribution < 1.29 is 9.47 Å². The number of ether oxygens (including phenoxy) is 2. The quantitative estimate of drug-likeness (QED) is 0.622. The molecule has 2 aliphatic rings. The first-order chi connectivity index (χ1) is 14.7. The van der Waals surface area contributed by atoms with Crippen LogP contribution in [-0.2, 0) is 13.1 Å². The molecule has 0 N–H and O–H groups in total. The Labute approximate surface area is 177 Å². The second-order valence-corrected chi connectivity index (χ2v) is 8.69. The van der Waals surface area contributed by atoms with E-state index < -0.39 is 0 Å². The Hall–Kier alpha value is -2.81. The van der Waals surface area contributed by atoms with E-state index in [-0.39, 0.29) is 18.0 Å². The number of hydrogen-bond donors (Lipinski definition) is 0. The van der Waals surface area contributed by atoms with Gasteiger partial charge < -0.3 is 14.4 Å². The summed E-state index contributed by atoms with van der Waals surface area (Å²) in [5, 5.41) is 0.829. The van der Waals surface area contributed by atoms with Crippen LogP contribution in [0.4, 0.5) is 5.13 Å². The van der Waals surface area contributed by atoms with Gasteiger partial charge in [-0.15, -0.1) is 0 Å². The number of nitrogens with zero attached hydrogens (tertiary/aromatic N) is 4. The Balaban J connectivity index is 1.63. The fraction of sp³-hybridized carbons (Fsp3) is 0.476. The topological polar surface area (TPSA) is 78.6 Å². The van der Waals surface area contributed by atoms with Crippen LogP contribution >= 0.6 is 11.3 Å². The van der Waals surface area contributed by atoms with E-state index in [9.17, 15) is 9.59 Å². The van der Waals surface area contributed by atoms with Gasteiger partial charge in [0.2, 0.25) is 6.79 Å². The minimum Gasteiger partial charge on any atom is -0.454 e. The van der Waals surface area contributed by atoms with Crippen LogP contribution in [0.2, 0.25) is 0 Å². The van der Waals surface area contributed by atoms with E-state index in [1.54, 1.807) is 4.57 Å². The molecule has 30 heavy (non-hydrogen) atoms. The molecule has 0 saturated carbocycles. The first-order valence-electron chi connectivity index (χ1n) is 10.4. The van der Waals surface area contributed by atoms with Crippen LogP contribution < -0.4 is 25.6 Å². The molecule has 0 unspecified atom stereocenters. The molecule has 1 aromatic carbocycles. The minimum absolute atomic E-state index is 0.204. The average molecular weight is 429 g/mol. The predicted molar refractivity (Wildman–Crippen MR) is 116 cm³/mol. The normalized spacial score (nSPS) is 15.8. The largest absolute Gasteiger partial charge is 0.454 e. The summed E-state index contributed by atoms with van der Waals surface area (Å²) >= 11 is 1.40. The molecular weight excluding hydrogens is 404 g/mol. The van der Waals surface area contributed by atoms with Crippen molar-refractivity contribution in [3.63, 3.8) is 0 Å². The average Bonchev–Trinajstić information content (AvgIpc) is 3.42. The van der Waals surface area contributed by atoms with E-state index in [2.05, 4.69) is 4.90 Å². The summed E-state index contributed by atoms with van der Waals surface area (Å²) in [6.07, 6.45) is 4.18. The zero-order valence-corrected chi connectivity index (χ0v) is 17.7. The number of aromatic nitrogens is 3. The molecule has 2 aromatic heterocycles. The molecule has 0 aliphatic carbocycles. The lowest BCUT2D eigenvalue weighted by molar-refractivity contribution is 0.174. The molecule has 0 bridgehead atoms. The summed E-state index contributed by atoms with van der Waals surface area (Å²) in [6.45, 7) is 4.76. The number of anilines is 1. The van der Waals surface area contributed by atoms with Crippen molar-refractivity contribution in [1.29, 1.82) is 0 Å². The van der Waals surface area contributed by atoms with Gasteiger partial charge in [-0.05, 0) is 43.4 Å². The number of piperidine rings is 1. The van der Waals surface area contributed by atoms with Crippen LogP contribution in [0.1, 0.15) is 38.2 Å². The van der Waals surface area contributed by atoms with Gasteiger partial charge in [0.05, 0.1) is 6.54 Å². The van der Waals surface area contributed by atoms with Crippen molar-refractivity contribution in [3.05, 3.63) is 44.6 Å². The summed E-state index contributed by atoms with van der Waals surface area (Å²) in [4.78, 5) is 33.3. The standard InChI is InChI=1S/C21H24N4O4S/c1-2-8-24-19(26)17-18(22-20(30-17)23-9-4-3-5-10-23)25(21(24)27)12-14-6-7-15-16(11-14)29-13-28-15/h6-7,11H,2-5,8-10,12-13H2,1H3. The lowest BCUT2D eigenvalue weighted by atomic mass is 10.1. The molecule has 158 valence electrons. The maximum atomic E-state index is 13.2. The summed E-state index contributed by atoms with van der Waals surface area (Å²) in [5.74, 6) is 1.37. The van der Waals surface area contributed by atoms with Gasteiger partial charge in [0.15, 0.2) is 22.3 Å². The smallest absolute Gasteiger partial charge is 0.333 e. The number of fused-ring (bicyclic) bond motifs is 2. The minimum atomic E-state index is -0.317. The van der Waals surface area contributed by atoms with Crippen LogP contribution in [0.3, 0.4) is 0 Å². The van der Waals surface area contributed by atoms with Crippen LogP contribution in [0.5, 0.6) is 11.5 Å². The summed E-state index contributed by atoms with van der Waals surface area (Å²) in [6, 6.07) is 5.65. The molecule has 1 saturated heterocycles. The first-order valence-corrected chi connectivity index (χ1v) is 11.2. The summed E-state index contributed by atoms with van der Waals surface area (Å²) < 4.78 is 14.4. The Morgan fingerprint density at radius 3 is 2.67 bits per heavy atom. The molecule has 4 heterocycles. The third kappa shape index (κ3) is 3.27. The number of hydrogen-bond acceptors (Lipinski definition) is 7. The van der Waals surface area contributed by atoms with E-state index in [1.165, 1.54) is 22.3 Å². The van der Waals surface area contributed by atoms with E-state index in [0.29, 0.717) is 41.4 Å². The Bertz CT molecular complexity index is 1210. The van der Waals surface area contributed by atoms with Crippen molar-refractivity contribution in [3.8, 4) is 11.5 Å². The fourth-order valence-electron chi connectivity index (χ4n) is 4.07. The molecule has 0 amide bonds. The van der Waals surface area contributed by atoms with Crippen molar-refractivity contribution in [2.24, 2.45) is 0 Å². The van der Waals surface area contributed by atoms with Gasteiger partial charge in [0, 0.05) is 19.6 Å².